The fourth-order valence-corrected chi connectivity index (χ4v) is 2.96. The van der Waals surface area contributed by atoms with Crippen molar-refractivity contribution < 1.29 is 13.2 Å². The topological polar surface area (TPSA) is 38.9 Å². The van der Waals surface area contributed by atoms with E-state index in [2.05, 4.69) is 4.98 Å². The van der Waals surface area contributed by atoms with Gasteiger partial charge in [0.15, 0.2) is 0 Å². The molecule has 0 bridgehead atoms. The summed E-state index contributed by atoms with van der Waals surface area (Å²) in [6.07, 6.45) is 0. The molecule has 0 aliphatic rings. The normalized spacial score (nSPS) is 11.3. The summed E-state index contributed by atoms with van der Waals surface area (Å²) >= 11 is 1.14. The molecule has 0 saturated carbocycles. The van der Waals surface area contributed by atoms with Gasteiger partial charge in [-0.15, -0.1) is 11.3 Å². The Labute approximate surface area is 113 Å². The Morgan fingerprint density at radius 1 is 1.21 bits per heavy atom. The van der Waals surface area contributed by atoms with Crippen LogP contribution in [0.3, 0.4) is 0 Å². The first-order chi connectivity index (χ1) is 8.93. The Kier molecular flexibility index (Phi) is 3.91. The zero-order valence-electron chi connectivity index (χ0n) is 10.5. The lowest BCUT2D eigenvalue weighted by atomic mass is 10.1. The molecule has 1 aromatic heterocycles. The first-order valence-electron chi connectivity index (χ1n) is 5.78. The summed E-state index contributed by atoms with van der Waals surface area (Å²) in [4.78, 5) is 5.02. The van der Waals surface area contributed by atoms with E-state index in [-0.39, 0.29) is 23.0 Å². The van der Waals surface area contributed by atoms with E-state index in [1.807, 2.05) is 13.8 Å². The van der Waals surface area contributed by atoms with E-state index in [1.165, 1.54) is 0 Å². The smallest absolute Gasteiger partial charge is 0.139 e. The minimum Gasteiger partial charge on any atom is -0.326 e. The Hall–Kier alpha value is -1.40. The fourth-order valence-electron chi connectivity index (χ4n) is 1.81. The van der Waals surface area contributed by atoms with Crippen molar-refractivity contribution in [2.75, 3.05) is 0 Å². The summed E-state index contributed by atoms with van der Waals surface area (Å²) in [7, 11) is 0. The lowest BCUT2D eigenvalue weighted by molar-refractivity contribution is 0.548. The van der Waals surface area contributed by atoms with E-state index >= 15 is 0 Å². The molecule has 6 heteroatoms. The number of hydrogen-bond donors (Lipinski definition) is 1. The van der Waals surface area contributed by atoms with Gasteiger partial charge in [0, 0.05) is 23.6 Å². The fraction of sp³-hybridized carbons (Fsp3) is 0.308. The molecule has 0 spiro atoms. The quantitative estimate of drug-likeness (QED) is 0.932. The predicted molar refractivity (Wildman–Crippen MR) is 69.4 cm³/mol. The van der Waals surface area contributed by atoms with E-state index < -0.39 is 17.5 Å². The van der Waals surface area contributed by atoms with Crippen molar-refractivity contribution >= 4 is 11.3 Å². The number of thiazole rings is 1. The first-order valence-corrected chi connectivity index (χ1v) is 6.60. The molecule has 19 heavy (non-hydrogen) atoms. The first kappa shape index (κ1) is 14.0. The molecule has 0 radical (unpaired) electrons. The van der Waals surface area contributed by atoms with Crippen LogP contribution in [0.15, 0.2) is 12.1 Å². The molecule has 0 atom stereocenters. The largest absolute Gasteiger partial charge is 0.326 e. The van der Waals surface area contributed by atoms with Crippen molar-refractivity contribution in [3.05, 3.63) is 40.2 Å². The van der Waals surface area contributed by atoms with Gasteiger partial charge in [-0.25, -0.2) is 18.2 Å². The number of aromatic nitrogens is 1. The number of rotatable bonds is 3. The van der Waals surface area contributed by atoms with E-state index in [4.69, 9.17) is 5.73 Å². The number of halogens is 3. The van der Waals surface area contributed by atoms with Gasteiger partial charge >= 0.3 is 0 Å². The standard InChI is InChI=1S/C13H13F3N2S/c1-6(2)12-10(5-17)19-13(18-12)11-8(15)3-7(14)4-9(11)16/h3-4,6H,5,17H2,1-2H3. The second-order valence-corrected chi connectivity index (χ2v) is 5.51. The summed E-state index contributed by atoms with van der Waals surface area (Å²) in [5.41, 5.74) is 6.03. The molecule has 0 aliphatic carbocycles. The summed E-state index contributed by atoms with van der Waals surface area (Å²) < 4.78 is 40.3. The molecule has 0 unspecified atom stereocenters. The van der Waals surface area contributed by atoms with Gasteiger partial charge in [0.25, 0.3) is 0 Å². The van der Waals surface area contributed by atoms with Crippen LogP contribution < -0.4 is 5.73 Å². The van der Waals surface area contributed by atoms with Crippen molar-refractivity contribution in [2.45, 2.75) is 26.3 Å². The van der Waals surface area contributed by atoms with Crippen LogP contribution in [0, 0.1) is 17.5 Å². The van der Waals surface area contributed by atoms with Crippen molar-refractivity contribution in [3.63, 3.8) is 0 Å². The highest BCUT2D eigenvalue weighted by molar-refractivity contribution is 7.15. The molecule has 2 N–H and O–H groups in total. The van der Waals surface area contributed by atoms with E-state index in [9.17, 15) is 13.2 Å². The molecule has 1 heterocycles. The zero-order chi connectivity index (χ0) is 14.2. The summed E-state index contributed by atoms with van der Waals surface area (Å²) in [5, 5.41) is 0.194. The molecule has 0 amide bonds. The summed E-state index contributed by atoms with van der Waals surface area (Å²) in [6.45, 7) is 4.11. The van der Waals surface area contributed by atoms with Gasteiger partial charge in [-0.2, -0.15) is 0 Å². The highest BCUT2D eigenvalue weighted by Crippen LogP contribution is 2.34. The Balaban J connectivity index is 2.60. The third kappa shape index (κ3) is 2.64. The van der Waals surface area contributed by atoms with Gasteiger partial charge in [0.05, 0.1) is 11.3 Å². The second kappa shape index (κ2) is 5.30. The average molecular weight is 286 g/mol. The number of nitrogens with zero attached hydrogens (tertiary/aromatic N) is 1. The molecule has 1 aromatic carbocycles. The highest BCUT2D eigenvalue weighted by Gasteiger charge is 2.20. The summed E-state index contributed by atoms with van der Waals surface area (Å²) in [5.74, 6) is -2.75. The van der Waals surface area contributed by atoms with E-state index in [0.29, 0.717) is 12.1 Å². The molecule has 2 rings (SSSR count). The second-order valence-electron chi connectivity index (χ2n) is 4.43. The van der Waals surface area contributed by atoms with E-state index in [0.717, 1.165) is 21.9 Å². The van der Waals surface area contributed by atoms with Crippen LogP contribution in [0.1, 0.15) is 30.3 Å². The van der Waals surface area contributed by atoms with Gasteiger partial charge < -0.3 is 5.73 Å². The van der Waals surface area contributed by atoms with Crippen molar-refractivity contribution in [2.24, 2.45) is 5.73 Å². The Bertz CT molecular complexity index is 585. The minimum atomic E-state index is -0.954. The van der Waals surface area contributed by atoms with Crippen LogP contribution in [-0.4, -0.2) is 4.98 Å². The Morgan fingerprint density at radius 2 is 1.79 bits per heavy atom. The van der Waals surface area contributed by atoms with E-state index in [1.54, 1.807) is 0 Å². The van der Waals surface area contributed by atoms with Crippen LogP contribution in [-0.2, 0) is 6.54 Å². The van der Waals surface area contributed by atoms with Crippen LogP contribution in [0.2, 0.25) is 0 Å². The van der Waals surface area contributed by atoms with Crippen LogP contribution in [0.5, 0.6) is 0 Å². The number of benzene rings is 1. The Morgan fingerprint density at radius 3 is 2.21 bits per heavy atom. The van der Waals surface area contributed by atoms with Gasteiger partial charge in [0.2, 0.25) is 0 Å². The van der Waals surface area contributed by atoms with Gasteiger partial charge in [0.1, 0.15) is 22.5 Å². The zero-order valence-corrected chi connectivity index (χ0v) is 11.3. The van der Waals surface area contributed by atoms with Crippen LogP contribution in [0.25, 0.3) is 10.6 Å². The van der Waals surface area contributed by atoms with Crippen molar-refractivity contribution in [1.82, 2.24) is 4.98 Å². The van der Waals surface area contributed by atoms with Gasteiger partial charge in [-0.3, -0.25) is 0 Å². The van der Waals surface area contributed by atoms with Crippen molar-refractivity contribution in [3.8, 4) is 10.6 Å². The lowest BCUT2D eigenvalue weighted by Gasteiger charge is -2.02. The lowest BCUT2D eigenvalue weighted by Crippen LogP contribution is -1.99. The van der Waals surface area contributed by atoms with Crippen LogP contribution in [0.4, 0.5) is 13.2 Å². The maximum absolute atomic E-state index is 13.7. The molecule has 2 nitrogen and oxygen atoms in total. The maximum Gasteiger partial charge on any atom is 0.139 e. The molecule has 0 saturated heterocycles. The highest BCUT2D eigenvalue weighted by atomic mass is 32.1. The maximum atomic E-state index is 13.7. The molecular weight excluding hydrogens is 273 g/mol. The van der Waals surface area contributed by atoms with Gasteiger partial charge in [-0.05, 0) is 5.92 Å². The SMILES string of the molecule is CC(C)c1nc(-c2c(F)cc(F)cc2F)sc1CN. The molecule has 0 aliphatic heterocycles. The summed E-state index contributed by atoms with van der Waals surface area (Å²) in [6, 6.07) is 1.30. The molecule has 0 fully saturated rings. The molecule has 2 aromatic rings. The molecular formula is C13H13F3N2S. The minimum absolute atomic E-state index is 0.107. The third-order valence-corrected chi connectivity index (χ3v) is 3.79. The monoisotopic (exact) mass is 286 g/mol. The number of hydrogen-bond acceptors (Lipinski definition) is 3. The van der Waals surface area contributed by atoms with Gasteiger partial charge in [-0.1, -0.05) is 13.8 Å². The van der Waals surface area contributed by atoms with Crippen LogP contribution >= 0.6 is 11.3 Å². The average Bonchev–Trinajstić information content (AvgIpc) is 2.71. The molecule has 102 valence electrons. The van der Waals surface area contributed by atoms with Crippen molar-refractivity contribution in [1.29, 1.82) is 0 Å². The number of nitrogens with two attached hydrogens (primary N) is 1. The third-order valence-electron chi connectivity index (χ3n) is 2.68. The predicted octanol–water partition coefficient (Wildman–Crippen LogP) is 3.81.